The van der Waals surface area contributed by atoms with Crippen molar-refractivity contribution in [2.45, 2.75) is 0 Å². The molecular weight excluding hydrogens is 235 g/mol. The fourth-order valence-corrected chi connectivity index (χ4v) is 1.42. The van der Waals surface area contributed by atoms with Crippen LogP contribution in [0.4, 0.5) is 4.39 Å². The zero-order valence-electron chi connectivity index (χ0n) is 9.72. The molecule has 2 aromatic rings. The van der Waals surface area contributed by atoms with E-state index in [1.807, 2.05) is 0 Å². The van der Waals surface area contributed by atoms with Crippen LogP contribution in [0.5, 0.6) is 11.5 Å². The molecule has 2 aromatic carbocycles. The Kier molecular flexibility index (Phi) is 3.57. The van der Waals surface area contributed by atoms with Gasteiger partial charge in [-0.05, 0) is 36.4 Å². The molecule has 0 saturated heterocycles. The number of hydrogen-bond acceptors (Lipinski definition) is 3. The third-order valence-corrected chi connectivity index (χ3v) is 2.33. The van der Waals surface area contributed by atoms with Gasteiger partial charge in [0.05, 0.1) is 12.7 Å². The molecule has 2 rings (SSSR count). The van der Waals surface area contributed by atoms with E-state index in [0.29, 0.717) is 11.3 Å². The van der Waals surface area contributed by atoms with Crippen molar-refractivity contribution in [1.29, 1.82) is 0 Å². The van der Waals surface area contributed by atoms with Crippen LogP contribution >= 0.6 is 0 Å². The Morgan fingerprint density at radius 1 is 1.06 bits per heavy atom. The number of carbonyl (C=O) groups excluding carboxylic acids is 1. The first kappa shape index (κ1) is 12.1. The van der Waals surface area contributed by atoms with Crippen molar-refractivity contribution in [3.63, 3.8) is 0 Å². The van der Waals surface area contributed by atoms with Crippen LogP contribution in [0.1, 0.15) is 10.4 Å². The summed E-state index contributed by atoms with van der Waals surface area (Å²) in [7, 11) is 1.54. The Balaban J connectivity index is 2.11. The number of ether oxygens (including phenoxy) is 2. The van der Waals surface area contributed by atoms with Crippen LogP contribution in [0, 0.1) is 5.82 Å². The Labute approximate surface area is 104 Å². The summed E-state index contributed by atoms with van der Waals surface area (Å²) < 4.78 is 22.9. The molecule has 0 aliphatic carbocycles. The van der Waals surface area contributed by atoms with Gasteiger partial charge in [-0.1, -0.05) is 6.07 Å². The van der Waals surface area contributed by atoms with Gasteiger partial charge in [0.15, 0.2) is 0 Å². The van der Waals surface area contributed by atoms with Crippen LogP contribution in [0.15, 0.2) is 48.5 Å². The van der Waals surface area contributed by atoms with Crippen molar-refractivity contribution >= 4 is 5.97 Å². The summed E-state index contributed by atoms with van der Waals surface area (Å²) in [5.74, 6) is -0.161. The van der Waals surface area contributed by atoms with E-state index in [0.717, 1.165) is 6.07 Å². The van der Waals surface area contributed by atoms with Gasteiger partial charge >= 0.3 is 5.97 Å². The third kappa shape index (κ3) is 2.85. The Hall–Kier alpha value is -2.36. The molecule has 0 atom stereocenters. The molecule has 0 aliphatic rings. The third-order valence-electron chi connectivity index (χ3n) is 2.33. The molecule has 0 fully saturated rings. The van der Waals surface area contributed by atoms with Crippen LogP contribution < -0.4 is 9.47 Å². The Bertz CT molecular complexity index is 549. The van der Waals surface area contributed by atoms with Crippen molar-refractivity contribution in [2.24, 2.45) is 0 Å². The summed E-state index contributed by atoms with van der Waals surface area (Å²) in [6.07, 6.45) is 0. The lowest BCUT2D eigenvalue weighted by Crippen LogP contribution is -2.08. The largest absolute Gasteiger partial charge is 0.497 e. The van der Waals surface area contributed by atoms with Gasteiger partial charge in [0, 0.05) is 6.07 Å². The number of methoxy groups -OCH3 is 1. The zero-order chi connectivity index (χ0) is 13.0. The monoisotopic (exact) mass is 246 g/mol. The Morgan fingerprint density at radius 3 is 2.39 bits per heavy atom. The lowest BCUT2D eigenvalue weighted by Gasteiger charge is -2.05. The fourth-order valence-electron chi connectivity index (χ4n) is 1.42. The summed E-state index contributed by atoms with van der Waals surface area (Å²) in [6, 6.07) is 11.9. The molecule has 92 valence electrons. The van der Waals surface area contributed by atoms with Gasteiger partial charge in [-0.2, -0.15) is 0 Å². The second kappa shape index (κ2) is 5.31. The molecular formula is C14H11FO3. The predicted molar refractivity (Wildman–Crippen MR) is 64.4 cm³/mol. The number of halogens is 1. The normalized spacial score (nSPS) is 9.89. The summed E-state index contributed by atoms with van der Waals surface area (Å²) in [5.41, 5.74) is 0.375. The molecule has 0 radical (unpaired) electrons. The van der Waals surface area contributed by atoms with Gasteiger partial charge in [0.2, 0.25) is 0 Å². The first-order valence-corrected chi connectivity index (χ1v) is 5.31. The van der Waals surface area contributed by atoms with E-state index in [1.165, 1.54) is 18.2 Å². The van der Waals surface area contributed by atoms with E-state index in [4.69, 9.17) is 9.47 Å². The molecule has 4 heteroatoms. The second-order valence-corrected chi connectivity index (χ2v) is 3.58. The molecule has 0 N–H and O–H groups in total. The summed E-state index contributed by atoms with van der Waals surface area (Å²) >= 11 is 0. The van der Waals surface area contributed by atoms with Gasteiger partial charge in [0.1, 0.15) is 17.3 Å². The average Bonchev–Trinajstić information content (AvgIpc) is 2.39. The highest BCUT2D eigenvalue weighted by Gasteiger charge is 2.08. The number of esters is 1. The second-order valence-electron chi connectivity index (χ2n) is 3.58. The smallest absolute Gasteiger partial charge is 0.343 e. The number of hydrogen-bond donors (Lipinski definition) is 0. The van der Waals surface area contributed by atoms with Crippen LogP contribution in [-0.2, 0) is 0 Å². The first-order valence-electron chi connectivity index (χ1n) is 5.31. The number of carbonyl (C=O) groups is 1. The molecule has 0 saturated carbocycles. The molecule has 0 aliphatic heterocycles. The number of benzene rings is 2. The molecule has 0 unspecified atom stereocenters. The minimum Gasteiger partial charge on any atom is -0.497 e. The van der Waals surface area contributed by atoms with Crippen molar-refractivity contribution in [3.05, 3.63) is 59.9 Å². The van der Waals surface area contributed by atoms with E-state index in [1.54, 1.807) is 31.4 Å². The molecule has 0 bridgehead atoms. The summed E-state index contributed by atoms with van der Waals surface area (Å²) in [5, 5.41) is 0. The maximum absolute atomic E-state index is 12.9. The van der Waals surface area contributed by atoms with Gasteiger partial charge in [-0.25, -0.2) is 9.18 Å². The minimum atomic E-state index is -0.539. The van der Waals surface area contributed by atoms with E-state index in [9.17, 15) is 9.18 Å². The van der Waals surface area contributed by atoms with E-state index in [-0.39, 0.29) is 5.75 Å². The molecule has 0 aromatic heterocycles. The highest BCUT2D eigenvalue weighted by Crippen LogP contribution is 2.16. The lowest BCUT2D eigenvalue weighted by molar-refractivity contribution is 0.0734. The van der Waals surface area contributed by atoms with Gasteiger partial charge < -0.3 is 9.47 Å². The molecule has 18 heavy (non-hydrogen) atoms. The highest BCUT2D eigenvalue weighted by atomic mass is 19.1. The molecule has 0 heterocycles. The van der Waals surface area contributed by atoms with E-state index in [2.05, 4.69) is 0 Å². The van der Waals surface area contributed by atoms with E-state index < -0.39 is 11.8 Å². The number of rotatable bonds is 3. The Morgan fingerprint density at radius 2 is 1.78 bits per heavy atom. The average molecular weight is 246 g/mol. The van der Waals surface area contributed by atoms with Gasteiger partial charge in [-0.15, -0.1) is 0 Å². The van der Waals surface area contributed by atoms with Crippen molar-refractivity contribution < 1.29 is 18.7 Å². The maximum Gasteiger partial charge on any atom is 0.343 e. The quantitative estimate of drug-likeness (QED) is 0.616. The first-order chi connectivity index (χ1) is 8.69. The van der Waals surface area contributed by atoms with Crippen molar-refractivity contribution in [2.75, 3.05) is 7.11 Å². The lowest BCUT2D eigenvalue weighted by atomic mass is 10.2. The minimum absolute atomic E-state index is 0.177. The van der Waals surface area contributed by atoms with Crippen LogP contribution in [0.3, 0.4) is 0 Å². The fraction of sp³-hybridized carbons (Fsp3) is 0.0714. The highest BCUT2D eigenvalue weighted by molar-refractivity contribution is 5.91. The summed E-state index contributed by atoms with van der Waals surface area (Å²) in [4.78, 5) is 11.7. The SMILES string of the molecule is COc1ccc(C(=O)Oc2cccc(F)c2)cc1. The topological polar surface area (TPSA) is 35.5 Å². The van der Waals surface area contributed by atoms with Gasteiger partial charge in [0.25, 0.3) is 0 Å². The zero-order valence-corrected chi connectivity index (χ0v) is 9.72. The maximum atomic E-state index is 12.9. The van der Waals surface area contributed by atoms with Crippen LogP contribution in [0.25, 0.3) is 0 Å². The van der Waals surface area contributed by atoms with E-state index >= 15 is 0 Å². The molecule has 0 amide bonds. The predicted octanol–water partition coefficient (Wildman–Crippen LogP) is 3.05. The van der Waals surface area contributed by atoms with Crippen LogP contribution in [0.2, 0.25) is 0 Å². The van der Waals surface area contributed by atoms with Crippen molar-refractivity contribution in [1.82, 2.24) is 0 Å². The van der Waals surface area contributed by atoms with Crippen LogP contribution in [-0.4, -0.2) is 13.1 Å². The van der Waals surface area contributed by atoms with Crippen molar-refractivity contribution in [3.8, 4) is 11.5 Å². The summed E-state index contributed by atoms with van der Waals surface area (Å²) in [6.45, 7) is 0. The van der Waals surface area contributed by atoms with Gasteiger partial charge in [-0.3, -0.25) is 0 Å². The molecule has 0 spiro atoms. The molecule has 3 nitrogen and oxygen atoms in total. The standard InChI is InChI=1S/C14H11FO3/c1-17-12-7-5-10(6-8-12)14(16)18-13-4-2-3-11(15)9-13/h2-9H,1H3.